The van der Waals surface area contributed by atoms with Crippen LogP contribution in [0.25, 0.3) is 0 Å². The van der Waals surface area contributed by atoms with Gasteiger partial charge in [0.05, 0.1) is 13.1 Å². The van der Waals surface area contributed by atoms with Gasteiger partial charge >= 0.3 is 0 Å². The van der Waals surface area contributed by atoms with E-state index >= 15 is 0 Å². The molecule has 0 atom stereocenters. The number of carbonyl (C=O) groups excluding carboxylic acids is 2. The summed E-state index contributed by atoms with van der Waals surface area (Å²) in [6.45, 7) is 7.88. The fraction of sp³-hybridized carbons (Fsp3) is 0.800. The van der Waals surface area contributed by atoms with Crippen LogP contribution in [0.15, 0.2) is 0 Å². The molecule has 1 saturated heterocycles. The first-order valence-corrected chi connectivity index (χ1v) is 4.98. The van der Waals surface area contributed by atoms with Crippen molar-refractivity contribution >= 4 is 11.8 Å². The molecular weight excluding hydrogens is 180 g/mol. The van der Waals surface area contributed by atoms with Gasteiger partial charge in [-0.05, 0) is 11.8 Å². The van der Waals surface area contributed by atoms with Crippen LogP contribution in [0, 0.1) is 5.41 Å². The lowest BCUT2D eigenvalue weighted by Crippen LogP contribution is -2.53. The summed E-state index contributed by atoms with van der Waals surface area (Å²) in [6.07, 6.45) is 1.04. The Morgan fingerprint density at radius 1 is 1.29 bits per heavy atom. The zero-order chi connectivity index (χ0) is 10.8. The molecule has 0 saturated carbocycles. The standard InChI is InChI=1S/C10H18N2O2/c1-4-10(2,3)7-12-5-8(13)11-9(14)6-12/h4-7H2,1-3H3,(H,11,13,14). The fourth-order valence-corrected chi connectivity index (χ4v) is 1.53. The van der Waals surface area contributed by atoms with E-state index in [-0.39, 0.29) is 17.2 Å². The summed E-state index contributed by atoms with van der Waals surface area (Å²) in [5, 5.41) is 2.29. The van der Waals surface area contributed by atoms with Crippen LogP contribution < -0.4 is 5.32 Å². The van der Waals surface area contributed by atoms with Gasteiger partial charge in [-0.15, -0.1) is 0 Å². The Morgan fingerprint density at radius 3 is 2.21 bits per heavy atom. The van der Waals surface area contributed by atoms with Gasteiger partial charge in [0.25, 0.3) is 0 Å². The predicted octanol–water partition coefficient (Wildman–Crippen LogP) is 0.381. The molecule has 0 unspecified atom stereocenters. The van der Waals surface area contributed by atoms with Gasteiger partial charge in [0.15, 0.2) is 0 Å². The number of hydrogen-bond donors (Lipinski definition) is 1. The van der Waals surface area contributed by atoms with Gasteiger partial charge < -0.3 is 0 Å². The number of piperazine rings is 1. The van der Waals surface area contributed by atoms with Crippen molar-refractivity contribution in [3.63, 3.8) is 0 Å². The largest absolute Gasteiger partial charge is 0.294 e. The monoisotopic (exact) mass is 198 g/mol. The Kier molecular flexibility index (Phi) is 3.26. The molecule has 1 fully saturated rings. The Labute approximate surface area is 84.7 Å². The lowest BCUT2D eigenvalue weighted by Gasteiger charge is -2.33. The van der Waals surface area contributed by atoms with Crippen molar-refractivity contribution in [1.29, 1.82) is 0 Å². The van der Waals surface area contributed by atoms with Gasteiger partial charge in [-0.1, -0.05) is 20.8 Å². The van der Waals surface area contributed by atoms with Gasteiger partial charge in [-0.2, -0.15) is 0 Å². The first-order chi connectivity index (χ1) is 6.43. The highest BCUT2D eigenvalue weighted by Gasteiger charge is 2.27. The minimum Gasteiger partial charge on any atom is -0.294 e. The summed E-state index contributed by atoms with van der Waals surface area (Å²) in [5.74, 6) is -0.374. The van der Waals surface area contributed by atoms with Crippen LogP contribution in [-0.2, 0) is 9.59 Å². The van der Waals surface area contributed by atoms with E-state index in [4.69, 9.17) is 0 Å². The van der Waals surface area contributed by atoms with Crippen molar-refractivity contribution < 1.29 is 9.59 Å². The number of nitrogens with one attached hydrogen (secondary N) is 1. The van der Waals surface area contributed by atoms with Crippen molar-refractivity contribution in [2.45, 2.75) is 27.2 Å². The molecule has 1 aliphatic heterocycles. The summed E-state index contributed by atoms with van der Waals surface area (Å²) >= 11 is 0. The number of imide groups is 1. The van der Waals surface area contributed by atoms with Crippen molar-refractivity contribution in [2.24, 2.45) is 5.41 Å². The van der Waals surface area contributed by atoms with Gasteiger partial charge in [0, 0.05) is 6.54 Å². The van der Waals surface area contributed by atoms with Crippen LogP contribution >= 0.6 is 0 Å². The molecule has 0 aromatic rings. The summed E-state index contributed by atoms with van der Waals surface area (Å²) in [6, 6.07) is 0. The molecule has 2 amide bonds. The Balaban J connectivity index is 2.52. The number of amides is 2. The SMILES string of the molecule is CCC(C)(C)CN1CC(=O)NC(=O)C1. The summed E-state index contributed by atoms with van der Waals surface area (Å²) in [4.78, 5) is 24.1. The minimum atomic E-state index is -0.187. The minimum absolute atomic E-state index is 0.165. The van der Waals surface area contributed by atoms with Crippen molar-refractivity contribution in [2.75, 3.05) is 19.6 Å². The molecule has 1 rings (SSSR count). The van der Waals surface area contributed by atoms with Crippen LogP contribution in [0.3, 0.4) is 0 Å². The lowest BCUT2D eigenvalue weighted by atomic mass is 9.89. The number of rotatable bonds is 3. The average Bonchev–Trinajstić information content (AvgIpc) is 2.01. The van der Waals surface area contributed by atoms with E-state index in [9.17, 15) is 9.59 Å². The van der Waals surface area contributed by atoms with Gasteiger partial charge in [0.1, 0.15) is 0 Å². The summed E-state index contributed by atoms with van der Waals surface area (Å²) in [7, 11) is 0. The zero-order valence-electron chi connectivity index (χ0n) is 9.09. The molecule has 0 aliphatic carbocycles. The third kappa shape index (κ3) is 3.10. The van der Waals surface area contributed by atoms with E-state index in [1.165, 1.54) is 0 Å². The molecule has 1 heterocycles. The smallest absolute Gasteiger partial charge is 0.240 e. The normalized spacial score (nSPS) is 19.6. The molecule has 14 heavy (non-hydrogen) atoms. The first kappa shape index (κ1) is 11.2. The van der Waals surface area contributed by atoms with Crippen LogP contribution in [0.4, 0.5) is 0 Å². The average molecular weight is 198 g/mol. The molecule has 1 aliphatic rings. The number of hydrogen-bond acceptors (Lipinski definition) is 3. The maximum Gasteiger partial charge on any atom is 0.240 e. The molecule has 4 heteroatoms. The third-order valence-corrected chi connectivity index (χ3v) is 2.62. The molecule has 0 spiro atoms. The highest BCUT2D eigenvalue weighted by Crippen LogP contribution is 2.21. The van der Waals surface area contributed by atoms with Gasteiger partial charge in [0.2, 0.25) is 11.8 Å². The maximum atomic E-state index is 11.1. The second-order valence-electron chi connectivity index (χ2n) is 4.63. The lowest BCUT2D eigenvalue weighted by molar-refractivity contribution is -0.136. The van der Waals surface area contributed by atoms with Crippen LogP contribution in [0.2, 0.25) is 0 Å². The summed E-state index contributed by atoms with van der Waals surface area (Å²) in [5.41, 5.74) is 0.165. The van der Waals surface area contributed by atoms with Crippen molar-refractivity contribution in [3.05, 3.63) is 0 Å². The topological polar surface area (TPSA) is 49.4 Å². The fourth-order valence-electron chi connectivity index (χ4n) is 1.53. The molecular formula is C10H18N2O2. The number of nitrogens with zero attached hydrogens (tertiary/aromatic N) is 1. The van der Waals surface area contributed by atoms with Crippen LogP contribution in [-0.4, -0.2) is 36.3 Å². The quantitative estimate of drug-likeness (QED) is 0.667. The zero-order valence-corrected chi connectivity index (χ0v) is 9.09. The number of carbonyl (C=O) groups is 2. The highest BCUT2D eigenvalue weighted by molar-refractivity contribution is 5.99. The third-order valence-electron chi connectivity index (χ3n) is 2.62. The molecule has 0 aromatic heterocycles. The van der Waals surface area contributed by atoms with Gasteiger partial charge in [-0.25, -0.2) is 0 Å². The van der Waals surface area contributed by atoms with E-state index in [1.807, 2.05) is 4.90 Å². The molecule has 4 nitrogen and oxygen atoms in total. The van der Waals surface area contributed by atoms with E-state index < -0.39 is 0 Å². The molecule has 0 bridgehead atoms. The second-order valence-corrected chi connectivity index (χ2v) is 4.63. The second kappa shape index (κ2) is 4.09. The maximum absolute atomic E-state index is 11.1. The van der Waals surface area contributed by atoms with Gasteiger partial charge in [-0.3, -0.25) is 19.8 Å². The first-order valence-electron chi connectivity index (χ1n) is 4.98. The van der Waals surface area contributed by atoms with Crippen molar-refractivity contribution in [1.82, 2.24) is 10.2 Å². The van der Waals surface area contributed by atoms with E-state index in [0.717, 1.165) is 13.0 Å². The predicted molar refractivity (Wildman–Crippen MR) is 53.7 cm³/mol. The molecule has 80 valence electrons. The Morgan fingerprint density at radius 2 is 1.79 bits per heavy atom. The van der Waals surface area contributed by atoms with Crippen LogP contribution in [0.1, 0.15) is 27.2 Å². The Hall–Kier alpha value is -0.900. The van der Waals surface area contributed by atoms with E-state index in [2.05, 4.69) is 26.1 Å². The molecule has 0 radical (unpaired) electrons. The van der Waals surface area contributed by atoms with Crippen molar-refractivity contribution in [3.8, 4) is 0 Å². The molecule has 0 aromatic carbocycles. The molecule has 1 N–H and O–H groups in total. The van der Waals surface area contributed by atoms with Crippen LogP contribution in [0.5, 0.6) is 0 Å². The Bertz CT molecular complexity index is 233. The van der Waals surface area contributed by atoms with E-state index in [0.29, 0.717) is 13.1 Å². The van der Waals surface area contributed by atoms with E-state index in [1.54, 1.807) is 0 Å². The summed E-state index contributed by atoms with van der Waals surface area (Å²) < 4.78 is 0. The highest BCUT2D eigenvalue weighted by atomic mass is 16.2.